The Kier molecular flexibility index (Phi) is 8.80. The van der Waals surface area contributed by atoms with E-state index in [4.69, 9.17) is 11.6 Å². The van der Waals surface area contributed by atoms with Crippen molar-refractivity contribution in [3.8, 4) is 0 Å². The Morgan fingerprint density at radius 1 is 1.22 bits per heavy atom. The third-order valence-electron chi connectivity index (χ3n) is 4.97. The van der Waals surface area contributed by atoms with E-state index >= 15 is 0 Å². The van der Waals surface area contributed by atoms with Gasteiger partial charge in [-0.05, 0) is 44.2 Å². The van der Waals surface area contributed by atoms with Crippen LogP contribution in [0.2, 0.25) is 5.02 Å². The maximum atomic E-state index is 13.0. The molecule has 0 bridgehead atoms. The molecule has 7 nitrogen and oxygen atoms in total. The van der Waals surface area contributed by atoms with Crippen LogP contribution < -0.4 is 10.6 Å². The van der Waals surface area contributed by atoms with Crippen molar-refractivity contribution in [1.29, 1.82) is 0 Å². The molecule has 0 unspecified atom stereocenters. The second-order valence-electron chi connectivity index (χ2n) is 7.83. The number of aromatic nitrogens is 3. The molecular weight excluding hydrogens is 515 g/mol. The van der Waals surface area contributed by atoms with E-state index in [-0.39, 0.29) is 22.4 Å². The molecule has 0 saturated heterocycles. The van der Waals surface area contributed by atoms with Gasteiger partial charge in [-0.25, -0.2) is 0 Å². The Morgan fingerprint density at radius 2 is 1.97 bits per heavy atom. The molecule has 0 spiro atoms. The van der Waals surface area contributed by atoms with Gasteiger partial charge in [-0.1, -0.05) is 47.1 Å². The van der Waals surface area contributed by atoms with Crippen molar-refractivity contribution in [2.75, 3.05) is 11.1 Å². The lowest BCUT2D eigenvalue weighted by atomic mass is 10.1. The van der Waals surface area contributed by atoms with Crippen LogP contribution in [-0.2, 0) is 17.5 Å². The highest BCUT2D eigenvalue weighted by Crippen LogP contribution is 2.34. The number of nitrogens with one attached hydrogen (secondary N) is 2. The number of anilines is 1. The summed E-state index contributed by atoms with van der Waals surface area (Å²) in [4.78, 5) is 25.1. The highest BCUT2D eigenvalue weighted by Gasteiger charge is 2.31. The van der Waals surface area contributed by atoms with Crippen LogP contribution in [0.4, 0.5) is 18.9 Å². The zero-order valence-corrected chi connectivity index (χ0v) is 21.0. The lowest BCUT2D eigenvalue weighted by molar-refractivity contribution is -0.137. The normalized spacial score (nSPS) is 12.2. The molecule has 2 aromatic carbocycles. The van der Waals surface area contributed by atoms with Gasteiger partial charge >= 0.3 is 6.18 Å². The number of nitrogens with zero attached hydrogens (tertiary/aromatic N) is 3. The van der Waals surface area contributed by atoms with Crippen LogP contribution in [0.1, 0.15) is 40.3 Å². The third-order valence-corrected chi connectivity index (χ3v) is 6.27. The molecule has 0 radical (unpaired) electrons. The van der Waals surface area contributed by atoms with Crippen molar-refractivity contribution in [2.24, 2.45) is 0 Å². The van der Waals surface area contributed by atoms with Gasteiger partial charge in [0, 0.05) is 12.1 Å². The Hall–Kier alpha value is -3.31. The fourth-order valence-corrected chi connectivity index (χ4v) is 4.19. The van der Waals surface area contributed by atoms with E-state index in [1.54, 1.807) is 35.8 Å². The molecule has 0 aliphatic heterocycles. The summed E-state index contributed by atoms with van der Waals surface area (Å²) in [6.45, 7) is 7.69. The maximum absolute atomic E-state index is 13.0. The molecule has 1 heterocycles. The largest absolute Gasteiger partial charge is 0.416 e. The van der Waals surface area contributed by atoms with Crippen molar-refractivity contribution < 1.29 is 22.8 Å². The molecule has 0 aliphatic carbocycles. The van der Waals surface area contributed by atoms with E-state index in [0.29, 0.717) is 23.1 Å². The fourth-order valence-electron chi connectivity index (χ4n) is 3.27. The molecule has 1 aromatic heterocycles. The number of alkyl halides is 3. The van der Waals surface area contributed by atoms with Crippen LogP contribution in [0.25, 0.3) is 0 Å². The van der Waals surface area contributed by atoms with Crippen molar-refractivity contribution in [3.63, 3.8) is 0 Å². The predicted molar refractivity (Wildman–Crippen MR) is 133 cm³/mol. The van der Waals surface area contributed by atoms with Crippen LogP contribution in [0.15, 0.2) is 60.3 Å². The predicted octanol–water partition coefficient (Wildman–Crippen LogP) is 5.67. The van der Waals surface area contributed by atoms with E-state index in [1.807, 2.05) is 13.0 Å². The maximum Gasteiger partial charge on any atom is 0.416 e. The average Bonchev–Trinajstić information content (AvgIpc) is 3.21. The number of allylic oxidation sites excluding steroid dienone is 1. The topological polar surface area (TPSA) is 88.9 Å². The first-order valence-corrected chi connectivity index (χ1v) is 12.1. The van der Waals surface area contributed by atoms with Crippen molar-refractivity contribution in [1.82, 2.24) is 20.1 Å². The van der Waals surface area contributed by atoms with E-state index < -0.39 is 23.7 Å². The number of aryl methyl sites for hydroxylation is 1. The highest BCUT2D eigenvalue weighted by atomic mass is 35.5. The minimum atomic E-state index is -4.57. The Labute approximate surface area is 215 Å². The van der Waals surface area contributed by atoms with Gasteiger partial charge in [0.05, 0.1) is 28.1 Å². The minimum absolute atomic E-state index is 0.0170. The molecule has 12 heteroatoms. The quantitative estimate of drug-likeness (QED) is 0.271. The van der Waals surface area contributed by atoms with Crippen molar-refractivity contribution in [3.05, 3.63) is 82.7 Å². The van der Waals surface area contributed by atoms with Crippen LogP contribution in [0, 0.1) is 6.92 Å². The van der Waals surface area contributed by atoms with Crippen molar-refractivity contribution in [2.45, 2.75) is 37.8 Å². The fraction of sp³-hybridized carbons (Fsp3) is 0.250. The summed E-state index contributed by atoms with van der Waals surface area (Å²) in [5, 5.41) is 13.9. The molecule has 3 aromatic rings. The molecule has 36 heavy (non-hydrogen) atoms. The summed E-state index contributed by atoms with van der Waals surface area (Å²) in [5.74, 6) is -0.548. The molecule has 2 N–H and O–H groups in total. The van der Waals surface area contributed by atoms with Crippen molar-refractivity contribution >= 4 is 40.9 Å². The van der Waals surface area contributed by atoms with Gasteiger partial charge in [0.25, 0.3) is 5.91 Å². The van der Waals surface area contributed by atoms with E-state index in [9.17, 15) is 22.8 Å². The van der Waals surface area contributed by atoms with Gasteiger partial charge in [-0.2, -0.15) is 13.2 Å². The molecule has 190 valence electrons. The second-order valence-corrected chi connectivity index (χ2v) is 9.18. The average molecular weight is 538 g/mol. The SMILES string of the molecule is C=CCn1c(SCC(=O)Nc2cc(C(F)(F)F)ccc2Cl)nnc1[C@@H](C)NC(=O)c1cccc(C)c1. The molecule has 0 fully saturated rings. The zero-order valence-electron chi connectivity index (χ0n) is 19.4. The minimum Gasteiger partial charge on any atom is -0.342 e. The van der Waals surface area contributed by atoms with E-state index in [0.717, 1.165) is 35.5 Å². The number of rotatable bonds is 9. The molecule has 2 amide bonds. The van der Waals surface area contributed by atoms with Gasteiger partial charge in [0.1, 0.15) is 0 Å². The first kappa shape index (κ1) is 27.3. The van der Waals surface area contributed by atoms with Crippen LogP contribution in [0.5, 0.6) is 0 Å². The van der Waals surface area contributed by atoms with Gasteiger partial charge < -0.3 is 15.2 Å². The Balaban J connectivity index is 1.69. The number of halogens is 4. The summed E-state index contributed by atoms with van der Waals surface area (Å²) in [5.41, 5.74) is 0.398. The van der Waals surface area contributed by atoms with Gasteiger partial charge in [0.2, 0.25) is 5.91 Å². The number of carbonyl (C=O) groups excluding carboxylic acids is 2. The van der Waals surface area contributed by atoms with Crippen LogP contribution in [-0.4, -0.2) is 32.3 Å². The number of carbonyl (C=O) groups is 2. The number of amides is 2. The van der Waals surface area contributed by atoms with Gasteiger partial charge in [-0.3, -0.25) is 9.59 Å². The molecule has 0 saturated carbocycles. The molecular formula is C24H23ClF3N5O2S. The molecule has 1 atom stereocenters. The number of benzene rings is 2. The number of thioether (sulfide) groups is 1. The summed E-state index contributed by atoms with van der Waals surface area (Å²) < 4.78 is 40.6. The standard InChI is InChI=1S/C24H23ClF3N5O2S/c1-4-10-33-21(15(3)29-22(35)16-7-5-6-14(2)11-16)31-32-23(33)36-13-20(34)30-19-12-17(24(26,27)28)8-9-18(19)25/h4-9,11-12,15H,1,10,13H2,2-3H3,(H,29,35)(H,30,34)/t15-/m1/s1. The van der Waals surface area contributed by atoms with Gasteiger partial charge in [0.15, 0.2) is 11.0 Å². The number of hydrogen-bond acceptors (Lipinski definition) is 5. The highest BCUT2D eigenvalue weighted by molar-refractivity contribution is 7.99. The van der Waals surface area contributed by atoms with E-state index in [2.05, 4.69) is 27.4 Å². The Bertz CT molecular complexity index is 1280. The monoisotopic (exact) mass is 537 g/mol. The van der Waals surface area contributed by atoms with Crippen LogP contribution in [0.3, 0.4) is 0 Å². The summed E-state index contributed by atoms with van der Waals surface area (Å²) in [7, 11) is 0. The molecule has 3 rings (SSSR count). The smallest absolute Gasteiger partial charge is 0.342 e. The summed E-state index contributed by atoms with van der Waals surface area (Å²) in [6.07, 6.45) is -2.95. The number of hydrogen-bond donors (Lipinski definition) is 2. The van der Waals surface area contributed by atoms with Crippen LogP contribution >= 0.6 is 23.4 Å². The van der Waals surface area contributed by atoms with E-state index in [1.165, 1.54) is 0 Å². The summed E-state index contributed by atoms with van der Waals surface area (Å²) in [6, 6.07) is 9.35. The Morgan fingerprint density at radius 3 is 2.64 bits per heavy atom. The zero-order chi connectivity index (χ0) is 26.5. The van der Waals surface area contributed by atoms with Gasteiger partial charge in [-0.15, -0.1) is 16.8 Å². The summed E-state index contributed by atoms with van der Waals surface area (Å²) >= 11 is 6.98. The lowest BCUT2D eigenvalue weighted by Gasteiger charge is -2.15. The second kappa shape index (κ2) is 11.6. The first-order valence-electron chi connectivity index (χ1n) is 10.7. The third kappa shape index (κ3) is 6.88. The first-order chi connectivity index (χ1) is 17.0. The molecule has 0 aliphatic rings. The lowest BCUT2D eigenvalue weighted by Crippen LogP contribution is -2.29.